The minimum atomic E-state index is -4.01. The van der Waals surface area contributed by atoms with E-state index < -0.39 is 50.9 Å². The molecule has 3 aliphatic heterocycles. The molecule has 6 rings (SSSR count). The van der Waals surface area contributed by atoms with E-state index in [1.165, 1.54) is 64.2 Å². The van der Waals surface area contributed by atoms with Crippen LogP contribution in [0.4, 0.5) is 0 Å². The van der Waals surface area contributed by atoms with Gasteiger partial charge in [-0.05, 0) is 24.0 Å². The van der Waals surface area contributed by atoms with Gasteiger partial charge in [-0.3, -0.25) is 13.6 Å². The van der Waals surface area contributed by atoms with E-state index in [0.717, 1.165) is 49.7 Å². The Hall–Kier alpha value is -1.65. The molecular formula is C41H63O9P. The van der Waals surface area contributed by atoms with E-state index in [0.29, 0.717) is 26.4 Å². The molecule has 3 unspecified atom stereocenters. The number of rotatable bonds is 28. The first-order valence-electron chi connectivity index (χ1n) is 19.9. The summed E-state index contributed by atoms with van der Waals surface area (Å²) < 4.78 is 64.7. The molecule has 10 heteroatoms. The Morgan fingerprint density at radius 1 is 0.510 bits per heavy atom. The van der Waals surface area contributed by atoms with Crippen molar-refractivity contribution in [3.05, 3.63) is 71.8 Å². The second-order valence-corrected chi connectivity index (χ2v) is 15.9. The predicted octanol–water partition coefficient (Wildman–Crippen LogP) is 10.4. The fraction of sp³-hybridized carbons (Fsp3) is 0.707. The van der Waals surface area contributed by atoms with Crippen molar-refractivity contribution in [2.75, 3.05) is 13.2 Å². The van der Waals surface area contributed by atoms with E-state index in [1.807, 2.05) is 60.7 Å². The molecule has 2 aromatic carbocycles. The molecule has 1 aliphatic carbocycles. The third kappa shape index (κ3) is 13.0. The maximum Gasteiger partial charge on any atom is 0.475 e. The Morgan fingerprint density at radius 2 is 0.882 bits per heavy atom. The third-order valence-corrected chi connectivity index (χ3v) is 11.6. The Labute approximate surface area is 307 Å². The average Bonchev–Trinajstić information content (AvgIpc) is 3.15. The van der Waals surface area contributed by atoms with Gasteiger partial charge in [0.15, 0.2) is 0 Å². The van der Waals surface area contributed by atoms with Crippen molar-refractivity contribution in [3.8, 4) is 0 Å². The zero-order valence-corrected chi connectivity index (χ0v) is 32.0. The number of hydrogen-bond donors (Lipinski definition) is 0. The highest BCUT2D eigenvalue weighted by molar-refractivity contribution is 7.48. The summed E-state index contributed by atoms with van der Waals surface area (Å²) >= 11 is 0. The highest BCUT2D eigenvalue weighted by Crippen LogP contribution is 2.55. The Morgan fingerprint density at radius 3 is 1.29 bits per heavy atom. The van der Waals surface area contributed by atoms with Crippen LogP contribution in [0, 0.1) is 0 Å². The summed E-state index contributed by atoms with van der Waals surface area (Å²) in [6.45, 7) is 4.88. The summed E-state index contributed by atoms with van der Waals surface area (Å²) in [6.07, 6.45) is 14.8. The lowest BCUT2D eigenvalue weighted by Crippen LogP contribution is -2.76. The monoisotopic (exact) mass is 730 g/mol. The molecule has 4 aliphatic rings. The van der Waals surface area contributed by atoms with Crippen molar-refractivity contribution in [1.82, 2.24) is 0 Å². The van der Waals surface area contributed by atoms with Gasteiger partial charge in [0.05, 0.1) is 26.4 Å². The predicted molar refractivity (Wildman–Crippen MR) is 198 cm³/mol. The van der Waals surface area contributed by atoms with E-state index in [1.54, 1.807) is 0 Å². The molecule has 0 aromatic heterocycles. The van der Waals surface area contributed by atoms with Gasteiger partial charge in [-0.15, -0.1) is 0 Å². The topological polar surface area (TPSA) is 90.9 Å². The Balaban J connectivity index is 1.25. The standard InChI is InChI=1S/C41H63O9P/c1-3-5-7-9-11-13-15-23-29-45-51(42,46-30-24-16-14-12-10-8-6-4-2)50-40-38-35(43-31-33-25-19-17-20-26-33)37-36(39(40)49-41(47-37)48-38)44-32-34-27-21-18-22-28-34/h17-22,25-28,35-41H,3-16,23-24,29-32H2,1-2H3/t35-,36+,37?,38+,39-,40?,41?. The van der Waals surface area contributed by atoms with Crippen LogP contribution in [0.2, 0.25) is 0 Å². The summed E-state index contributed by atoms with van der Waals surface area (Å²) in [5.74, 6) is 0. The van der Waals surface area contributed by atoms with Gasteiger partial charge in [-0.2, -0.15) is 0 Å². The quantitative estimate of drug-likeness (QED) is 0.0627. The fourth-order valence-electron chi connectivity index (χ4n) is 7.17. The first kappa shape index (κ1) is 40.5. The Bertz CT molecular complexity index is 1160. The van der Waals surface area contributed by atoms with Gasteiger partial charge in [0.2, 0.25) is 0 Å². The van der Waals surface area contributed by atoms with Crippen LogP contribution in [0.1, 0.15) is 128 Å². The molecular weight excluding hydrogens is 667 g/mol. The van der Waals surface area contributed by atoms with Gasteiger partial charge >= 0.3 is 7.82 Å². The molecule has 7 atom stereocenters. The molecule has 2 aromatic rings. The summed E-state index contributed by atoms with van der Waals surface area (Å²) in [4.78, 5) is 0. The summed E-state index contributed by atoms with van der Waals surface area (Å²) in [5, 5.41) is 0. The minimum absolute atomic E-state index is 0.295. The van der Waals surface area contributed by atoms with Crippen LogP contribution in [0.3, 0.4) is 0 Å². The van der Waals surface area contributed by atoms with Gasteiger partial charge in [-0.1, -0.05) is 164 Å². The second-order valence-electron chi connectivity index (χ2n) is 14.2. The van der Waals surface area contributed by atoms with Crippen LogP contribution in [0.5, 0.6) is 0 Å². The van der Waals surface area contributed by atoms with Crippen LogP contribution in [0.15, 0.2) is 60.7 Å². The van der Waals surface area contributed by atoms with Gasteiger partial charge in [0.1, 0.15) is 36.6 Å². The molecule has 286 valence electrons. The normalized spacial score (nSPS) is 25.5. The second kappa shape index (κ2) is 22.5. The van der Waals surface area contributed by atoms with E-state index >= 15 is 0 Å². The first-order chi connectivity index (χ1) is 25.1. The third-order valence-electron chi connectivity index (χ3n) is 10.1. The van der Waals surface area contributed by atoms with Crippen molar-refractivity contribution in [3.63, 3.8) is 0 Å². The molecule has 3 saturated heterocycles. The van der Waals surface area contributed by atoms with E-state index in [4.69, 9.17) is 37.3 Å². The highest BCUT2D eigenvalue weighted by Gasteiger charge is 2.65. The van der Waals surface area contributed by atoms with Crippen molar-refractivity contribution in [2.24, 2.45) is 0 Å². The molecule has 4 fully saturated rings. The van der Waals surface area contributed by atoms with E-state index in [2.05, 4.69) is 13.8 Å². The van der Waals surface area contributed by atoms with Gasteiger partial charge < -0.3 is 23.7 Å². The molecule has 9 nitrogen and oxygen atoms in total. The van der Waals surface area contributed by atoms with Crippen LogP contribution in [-0.4, -0.2) is 56.3 Å². The lowest BCUT2D eigenvalue weighted by atomic mass is 9.82. The molecule has 0 spiro atoms. The minimum Gasteiger partial charge on any atom is -0.368 e. The molecule has 4 bridgehead atoms. The van der Waals surface area contributed by atoms with Crippen LogP contribution >= 0.6 is 7.82 Å². The van der Waals surface area contributed by atoms with Crippen LogP contribution in [-0.2, 0) is 55.0 Å². The molecule has 0 amide bonds. The number of ether oxygens (including phenoxy) is 5. The lowest BCUT2D eigenvalue weighted by Gasteiger charge is -2.58. The number of unbranched alkanes of at least 4 members (excludes halogenated alkanes) is 14. The SMILES string of the molecule is CCCCCCCCCCOP(=O)(OCCCCCCCCCC)OC1[C@H]2OC3OC([C@H]2OCc2ccccc2)[C@H](OCc2ccccc2)[C@H]1O3. The number of phosphoric ester groups is 1. The fourth-order valence-corrected chi connectivity index (χ4v) is 8.61. The summed E-state index contributed by atoms with van der Waals surface area (Å²) in [7, 11) is -4.01. The Kier molecular flexibility index (Phi) is 17.9. The van der Waals surface area contributed by atoms with Crippen LogP contribution < -0.4 is 0 Å². The maximum absolute atomic E-state index is 14.5. The lowest BCUT2D eigenvalue weighted by molar-refractivity contribution is -0.485. The smallest absolute Gasteiger partial charge is 0.368 e. The average molecular weight is 731 g/mol. The zero-order valence-electron chi connectivity index (χ0n) is 31.1. The number of benzene rings is 2. The summed E-state index contributed by atoms with van der Waals surface area (Å²) in [5.41, 5.74) is 2.05. The first-order valence-corrected chi connectivity index (χ1v) is 21.4. The van der Waals surface area contributed by atoms with Gasteiger partial charge in [-0.25, -0.2) is 4.57 Å². The molecule has 0 N–H and O–H groups in total. The number of hydrogen-bond acceptors (Lipinski definition) is 9. The van der Waals surface area contributed by atoms with Crippen molar-refractivity contribution in [2.45, 2.75) is 173 Å². The maximum atomic E-state index is 14.5. The van der Waals surface area contributed by atoms with Crippen molar-refractivity contribution >= 4 is 7.82 Å². The zero-order chi connectivity index (χ0) is 35.6. The van der Waals surface area contributed by atoms with E-state index in [-0.39, 0.29) is 0 Å². The number of phosphoric acid groups is 1. The summed E-state index contributed by atoms with van der Waals surface area (Å²) in [6, 6.07) is 20.0. The van der Waals surface area contributed by atoms with Crippen molar-refractivity contribution < 1.29 is 41.8 Å². The molecule has 51 heavy (non-hydrogen) atoms. The molecule has 3 heterocycles. The van der Waals surface area contributed by atoms with Gasteiger partial charge in [0, 0.05) is 0 Å². The largest absolute Gasteiger partial charge is 0.475 e. The van der Waals surface area contributed by atoms with Crippen LogP contribution in [0.25, 0.3) is 0 Å². The highest BCUT2D eigenvalue weighted by atomic mass is 31.2. The van der Waals surface area contributed by atoms with E-state index in [9.17, 15) is 4.57 Å². The molecule has 1 saturated carbocycles. The van der Waals surface area contributed by atoms with Gasteiger partial charge in [0.25, 0.3) is 6.48 Å². The van der Waals surface area contributed by atoms with Crippen molar-refractivity contribution in [1.29, 1.82) is 0 Å². The molecule has 0 radical (unpaired) electrons.